The predicted molar refractivity (Wildman–Crippen MR) is 115 cm³/mol. The minimum absolute atomic E-state index is 0.0818. The van der Waals surface area contributed by atoms with Crippen LogP contribution in [0.2, 0.25) is 0 Å². The highest BCUT2D eigenvalue weighted by Gasteiger charge is 2.24. The average Bonchev–Trinajstić information content (AvgIpc) is 3.05. The van der Waals surface area contributed by atoms with E-state index in [1.54, 1.807) is 30.6 Å². The van der Waals surface area contributed by atoms with Crippen molar-refractivity contribution in [3.05, 3.63) is 82.8 Å². The number of nitrogens with zero attached hydrogens (tertiary/aromatic N) is 2. The van der Waals surface area contributed by atoms with E-state index in [0.29, 0.717) is 16.4 Å². The van der Waals surface area contributed by atoms with Crippen molar-refractivity contribution in [3.8, 4) is 11.3 Å². The molecule has 2 heterocycles. The number of imide groups is 1. The van der Waals surface area contributed by atoms with E-state index < -0.39 is 5.91 Å². The second kappa shape index (κ2) is 8.46. The number of benzene rings is 2. The molecule has 1 aromatic heterocycles. The van der Waals surface area contributed by atoms with Gasteiger partial charge in [0.05, 0.1) is 23.0 Å². The number of carbonyl (C=O) groups is 2. The molecule has 1 aliphatic heterocycles. The molecule has 0 aliphatic carbocycles. The number of halogens is 1. The van der Waals surface area contributed by atoms with Gasteiger partial charge in [-0.05, 0) is 54.1 Å². The van der Waals surface area contributed by atoms with E-state index in [0.717, 1.165) is 28.5 Å². The maximum Gasteiger partial charge on any atom is 0.290 e. The molecule has 2 N–H and O–H groups in total. The van der Waals surface area contributed by atoms with Gasteiger partial charge in [0.15, 0.2) is 0 Å². The Bertz CT molecular complexity index is 1150. The monoisotopic (exact) mass is 420 g/mol. The standard InChI is InChI=1S/C22H17FN4O2S/c1-13(15-5-7-17(23)8-6-15)25-20-12-24-11-18(26-20)16-4-2-3-14(9-16)10-19-21(28)27-22(29)30-19/h2-13H,1H3,(H,25,26)(H,27,28,29)/b19-10-. The fourth-order valence-electron chi connectivity index (χ4n) is 2.99. The highest BCUT2D eigenvalue weighted by Crippen LogP contribution is 2.27. The van der Waals surface area contributed by atoms with Crippen molar-refractivity contribution in [1.29, 1.82) is 0 Å². The Morgan fingerprint density at radius 2 is 1.93 bits per heavy atom. The van der Waals surface area contributed by atoms with Gasteiger partial charge in [-0.1, -0.05) is 30.3 Å². The van der Waals surface area contributed by atoms with E-state index in [9.17, 15) is 14.0 Å². The second-order valence-corrected chi connectivity index (χ2v) is 7.70. The van der Waals surface area contributed by atoms with Crippen LogP contribution >= 0.6 is 11.8 Å². The number of carbonyl (C=O) groups excluding carboxylic acids is 2. The van der Waals surface area contributed by atoms with Gasteiger partial charge in [-0.2, -0.15) is 0 Å². The van der Waals surface area contributed by atoms with Gasteiger partial charge in [-0.3, -0.25) is 19.9 Å². The van der Waals surface area contributed by atoms with Gasteiger partial charge < -0.3 is 5.32 Å². The SMILES string of the molecule is CC(Nc1cncc(-c2cccc(/C=C3\SC(=O)NC3=O)c2)n1)c1ccc(F)cc1. The number of rotatable bonds is 5. The summed E-state index contributed by atoms with van der Waals surface area (Å²) in [6.45, 7) is 1.96. The normalized spacial score (nSPS) is 15.9. The summed E-state index contributed by atoms with van der Waals surface area (Å²) >= 11 is 0.878. The average molecular weight is 420 g/mol. The Morgan fingerprint density at radius 3 is 2.67 bits per heavy atom. The summed E-state index contributed by atoms with van der Waals surface area (Å²) in [5.74, 6) is -0.0824. The topological polar surface area (TPSA) is 84.0 Å². The molecule has 1 saturated heterocycles. The van der Waals surface area contributed by atoms with Gasteiger partial charge in [0.1, 0.15) is 11.6 Å². The number of anilines is 1. The summed E-state index contributed by atoms with van der Waals surface area (Å²) < 4.78 is 13.1. The highest BCUT2D eigenvalue weighted by atomic mass is 32.2. The van der Waals surface area contributed by atoms with E-state index in [-0.39, 0.29) is 17.1 Å². The number of thioether (sulfide) groups is 1. The van der Waals surface area contributed by atoms with E-state index in [1.165, 1.54) is 12.1 Å². The lowest BCUT2D eigenvalue weighted by molar-refractivity contribution is -0.115. The van der Waals surface area contributed by atoms with E-state index in [1.807, 2.05) is 31.2 Å². The van der Waals surface area contributed by atoms with Crippen LogP contribution in [0.3, 0.4) is 0 Å². The molecule has 6 nitrogen and oxygen atoms in total. The predicted octanol–water partition coefficient (Wildman–Crippen LogP) is 4.78. The first-order valence-corrected chi connectivity index (χ1v) is 9.99. The molecule has 3 aromatic rings. The Labute approximate surface area is 176 Å². The molecule has 1 fully saturated rings. The molecule has 4 rings (SSSR count). The number of aromatic nitrogens is 2. The van der Waals surface area contributed by atoms with Gasteiger partial charge in [0.2, 0.25) is 0 Å². The first kappa shape index (κ1) is 19.8. The molecule has 1 atom stereocenters. The van der Waals surface area contributed by atoms with Gasteiger partial charge in [-0.25, -0.2) is 9.37 Å². The third-order valence-electron chi connectivity index (χ3n) is 4.49. The summed E-state index contributed by atoms with van der Waals surface area (Å²) in [4.78, 5) is 32.3. The number of amides is 2. The van der Waals surface area contributed by atoms with Gasteiger partial charge >= 0.3 is 0 Å². The number of hydrogen-bond acceptors (Lipinski definition) is 6. The largest absolute Gasteiger partial charge is 0.362 e. The molecule has 0 bridgehead atoms. The lowest BCUT2D eigenvalue weighted by Crippen LogP contribution is -2.17. The van der Waals surface area contributed by atoms with Crippen molar-refractivity contribution in [3.63, 3.8) is 0 Å². The molecule has 1 aliphatic rings. The zero-order chi connectivity index (χ0) is 21.1. The molecule has 8 heteroatoms. The third kappa shape index (κ3) is 4.55. The molecule has 2 aromatic carbocycles. The number of hydrogen-bond donors (Lipinski definition) is 2. The smallest absolute Gasteiger partial charge is 0.290 e. The van der Waals surface area contributed by atoms with Crippen LogP contribution in [0.25, 0.3) is 17.3 Å². The van der Waals surface area contributed by atoms with Crippen LogP contribution in [0.4, 0.5) is 15.0 Å². The van der Waals surface area contributed by atoms with E-state index in [2.05, 4.69) is 20.6 Å². The van der Waals surface area contributed by atoms with Crippen LogP contribution in [-0.2, 0) is 4.79 Å². The lowest BCUT2D eigenvalue weighted by Gasteiger charge is -2.15. The fraction of sp³-hybridized carbons (Fsp3) is 0.0909. The van der Waals surface area contributed by atoms with Crippen molar-refractivity contribution >= 4 is 34.8 Å². The summed E-state index contributed by atoms with van der Waals surface area (Å²) in [6, 6.07) is 13.7. The molecular weight excluding hydrogens is 403 g/mol. The second-order valence-electron chi connectivity index (χ2n) is 6.68. The van der Waals surface area contributed by atoms with E-state index >= 15 is 0 Å². The molecule has 0 saturated carbocycles. The third-order valence-corrected chi connectivity index (χ3v) is 5.30. The highest BCUT2D eigenvalue weighted by molar-refractivity contribution is 8.18. The maximum absolute atomic E-state index is 13.1. The van der Waals surface area contributed by atoms with Crippen LogP contribution < -0.4 is 10.6 Å². The number of nitrogens with one attached hydrogen (secondary N) is 2. The summed E-state index contributed by atoms with van der Waals surface area (Å²) in [6.07, 6.45) is 4.95. The minimum atomic E-state index is -0.392. The summed E-state index contributed by atoms with van der Waals surface area (Å²) in [5, 5.41) is 5.14. The van der Waals surface area contributed by atoms with Gasteiger partial charge in [-0.15, -0.1) is 0 Å². The van der Waals surface area contributed by atoms with Crippen molar-refractivity contribution in [2.24, 2.45) is 0 Å². The van der Waals surface area contributed by atoms with Crippen LogP contribution in [0.15, 0.2) is 65.8 Å². The van der Waals surface area contributed by atoms with Crippen LogP contribution in [-0.4, -0.2) is 21.1 Å². The molecule has 0 spiro atoms. The Kier molecular flexibility index (Phi) is 5.58. The Morgan fingerprint density at radius 1 is 1.13 bits per heavy atom. The van der Waals surface area contributed by atoms with Gasteiger partial charge in [0, 0.05) is 11.6 Å². The first-order chi connectivity index (χ1) is 14.5. The maximum atomic E-state index is 13.1. The fourth-order valence-corrected chi connectivity index (χ4v) is 3.67. The molecular formula is C22H17FN4O2S. The lowest BCUT2D eigenvalue weighted by atomic mass is 10.1. The Balaban J connectivity index is 1.55. The molecule has 2 amide bonds. The molecule has 150 valence electrons. The minimum Gasteiger partial charge on any atom is -0.362 e. The summed E-state index contributed by atoms with van der Waals surface area (Å²) in [7, 11) is 0. The zero-order valence-electron chi connectivity index (χ0n) is 15.9. The van der Waals surface area contributed by atoms with Crippen LogP contribution in [0.5, 0.6) is 0 Å². The zero-order valence-corrected chi connectivity index (χ0v) is 16.7. The van der Waals surface area contributed by atoms with Crippen molar-refractivity contribution < 1.29 is 14.0 Å². The van der Waals surface area contributed by atoms with Crippen LogP contribution in [0, 0.1) is 5.82 Å². The molecule has 30 heavy (non-hydrogen) atoms. The van der Waals surface area contributed by atoms with Crippen molar-refractivity contribution in [1.82, 2.24) is 15.3 Å². The Hall–Kier alpha value is -3.52. The van der Waals surface area contributed by atoms with E-state index in [4.69, 9.17) is 0 Å². The quantitative estimate of drug-likeness (QED) is 0.578. The van der Waals surface area contributed by atoms with Crippen molar-refractivity contribution in [2.75, 3.05) is 5.32 Å². The first-order valence-electron chi connectivity index (χ1n) is 9.17. The molecule has 0 radical (unpaired) electrons. The van der Waals surface area contributed by atoms with Crippen LogP contribution in [0.1, 0.15) is 24.1 Å². The summed E-state index contributed by atoms with van der Waals surface area (Å²) in [5.41, 5.74) is 3.19. The van der Waals surface area contributed by atoms with Gasteiger partial charge in [0.25, 0.3) is 11.1 Å². The van der Waals surface area contributed by atoms with Crippen molar-refractivity contribution in [2.45, 2.75) is 13.0 Å². The molecule has 1 unspecified atom stereocenters.